The van der Waals surface area contributed by atoms with Gasteiger partial charge in [0.2, 0.25) is 0 Å². The maximum absolute atomic E-state index is 12.1. The summed E-state index contributed by atoms with van der Waals surface area (Å²) in [6.07, 6.45) is -0.810. The predicted molar refractivity (Wildman–Crippen MR) is 82.5 cm³/mol. The van der Waals surface area contributed by atoms with Gasteiger partial charge in [0.1, 0.15) is 17.3 Å². The van der Waals surface area contributed by atoms with Crippen molar-refractivity contribution < 1.29 is 19.4 Å². The number of hydrogen-bond donors (Lipinski definition) is 2. The Morgan fingerprint density at radius 2 is 1.91 bits per heavy atom. The highest BCUT2D eigenvalue weighted by molar-refractivity contribution is 5.80. The van der Waals surface area contributed by atoms with Gasteiger partial charge in [-0.3, -0.25) is 4.79 Å². The number of benzene rings is 2. The zero-order valence-electron chi connectivity index (χ0n) is 12.1. The number of hydrogen-bond acceptors (Lipinski definition) is 6. The van der Waals surface area contributed by atoms with Crippen molar-refractivity contribution in [2.75, 3.05) is 7.11 Å². The molecule has 0 aliphatic heterocycles. The van der Waals surface area contributed by atoms with Gasteiger partial charge in [0.25, 0.3) is 5.56 Å². The maximum atomic E-state index is 12.1. The second-order valence-corrected chi connectivity index (χ2v) is 4.70. The Morgan fingerprint density at radius 1 is 1.17 bits per heavy atom. The monoisotopic (exact) mass is 312 g/mol. The van der Waals surface area contributed by atoms with Crippen molar-refractivity contribution in [1.29, 1.82) is 0 Å². The normalized spacial score (nSPS) is 10.5. The fourth-order valence-corrected chi connectivity index (χ4v) is 2.08. The molecule has 1 aromatic heterocycles. The number of H-pyrrole nitrogens is 1. The molecule has 0 atom stereocenters. The van der Waals surface area contributed by atoms with Crippen LogP contribution in [0.25, 0.3) is 22.3 Å². The van der Waals surface area contributed by atoms with Crippen LogP contribution < -0.4 is 10.3 Å². The van der Waals surface area contributed by atoms with Gasteiger partial charge in [-0.15, -0.1) is 0 Å². The average molecular weight is 312 g/mol. The molecule has 1 heterocycles. The van der Waals surface area contributed by atoms with Crippen molar-refractivity contribution in [2.45, 2.75) is 0 Å². The summed E-state index contributed by atoms with van der Waals surface area (Å²) in [7, 11) is 1.22. The number of ether oxygens (including phenoxy) is 2. The lowest BCUT2D eigenvalue weighted by Crippen LogP contribution is -2.09. The summed E-state index contributed by atoms with van der Waals surface area (Å²) < 4.78 is 9.28. The molecule has 0 spiro atoms. The fraction of sp³-hybridized carbons (Fsp3) is 0.0625. The van der Waals surface area contributed by atoms with Gasteiger partial charge < -0.3 is 19.6 Å². The third-order valence-electron chi connectivity index (χ3n) is 3.18. The van der Waals surface area contributed by atoms with Gasteiger partial charge in [0.15, 0.2) is 0 Å². The zero-order chi connectivity index (χ0) is 16.4. The second-order valence-electron chi connectivity index (χ2n) is 4.70. The molecule has 2 aromatic carbocycles. The van der Waals surface area contributed by atoms with Crippen molar-refractivity contribution >= 4 is 17.1 Å². The molecule has 3 rings (SSSR count). The van der Waals surface area contributed by atoms with E-state index in [4.69, 9.17) is 4.74 Å². The molecule has 23 heavy (non-hydrogen) atoms. The number of rotatable bonds is 2. The number of phenols is 1. The number of methoxy groups -OCH3 is 1. The minimum Gasteiger partial charge on any atom is -0.508 e. The SMILES string of the molecule is COC(=O)Oc1ccc(-c2nc3ccc(O)cc3c(=O)[nH]2)cc1. The van der Waals surface area contributed by atoms with Crippen LogP contribution in [0.2, 0.25) is 0 Å². The number of aromatic nitrogens is 2. The van der Waals surface area contributed by atoms with Crippen LogP contribution in [0, 0.1) is 0 Å². The molecule has 116 valence electrons. The van der Waals surface area contributed by atoms with Crippen LogP contribution in [-0.2, 0) is 4.74 Å². The number of aromatic amines is 1. The van der Waals surface area contributed by atoms with E-state index in [2.05, 4.69) is 14.7 Å². The van der Waals surface area contributed by atoms with Crippen LogP contribution in [-0.4, -0.2) is 28.3 Å². The van der Waals surface area contributed by atoms with E-state index in [0.29, 0.717) is 28.0 Å². The lowest BCUT2D eigenvalue weighted by Gasteiger charge is -2.05. The van der Waals surface area contributed by atoms with E-state index in [-0.39, 0.29) is 11.3 Å². The summed E-state index contributed by atoms with van der Waals surface area (Å²) in [5.41, 5.74) is 0.765. The molecule has 0 aliphatic rings. The Balaban J connectivity index is 1.98. The number of carbonyl (C=O) groups excluding carboxylic acids is 1. The van der Waals surface area contributed by atoms with Crippen molar-refractivity contribution in [2.24, 2.45) is 0 Å². The Morgan fingerprint density at radius 3 is 2.61 bits per heavy atom. The van der Waals surface area contributed by atoms with Crippen LogP contribution in [0.1, 0.15) is 0 Å². The van der Waals surface area contributed by atoms with Crippen LogP contribution in [0.4, 0.5) is 4.79 Å². The van der Waals surface area contributed by atoms with Gasteiger partial charge in [-0.2, -0.15) is 0 Å². The number of aromatic hydroxyl groups is 1. The summed E-state index contributed by atoms with van der Waals surface area (Å²) in [5, 5.41) is 9.74. The molecule has 0 amide bonds. The summed E-state index contributed by atoms with van der Waals surface area (Å²) in [6.45, 7) is 0. The summed E-state index contributed by atoms with van der Waals surface area (Å²) in [5.74, 6) is 0.688. The highest BCUT2D eigenvalue weighted by Crippen LogP contribution is 2.21. The van der Waals surface area contributed by atoms with Crippen molar-refractivity contribution in [1.82, 2.24) is 9.97 Å². The van der Waals surface area contributed by atoms with Gasteiger partial charge in [0.05, 0.1) is 18.0 Å². The first kappa shape index (κ1) is 14.6. The second kappa shape index (κ2) is 5.80. The molecular formula is C16H12N2O5. The molecule has 3 aromatic rings. The van der Waals surface area contributed by atoms with E-state index < -0.39 is 6.16 Å². The number of nitrogens with zero attached hydrogens (tertiary/aromatic N) is 1. The minimum absolute atomic E-state index is 0.00172. The van der Waals surface area contributed by atoms with Crippen molar-refractivity contribution in [3.63, 3.8) is 0 Å². The molecule has 0 aliphatic carbocycles. The van der Waals surface area contributed by atoms with Crippen molar-refractivity contribution in [3.05, 3.63) is 52.8 Å². The topological polar surface area (TPSA) is 102 Å². The van der Waals surface area contributed by atoms with E-state index in [1.54, 1.807) is 30.3 Å². The first-order valence-electron chi connectivity index (χ1n) is 6.66. The number of fused-ring (bicyclic) bond motifs is 1. The largest absolute Gasteiger partial charge is 0.513 e. The number of phenolic OH excluding ortho intramolecular Hbond substituents is 1. The fourth-order valence-electron chi connectivity index (χ4n) is 2.08. The predicted octanol–water partition coefficient (Wildman–Crippen LogP) is 2.44. The zero-order valence-corrected chi connectivity index (χ0v) is 12.1. The molecule has 2 N–H and O–H groups in total. The van der Waals surface area contributed by atoms with Gasteiger partial charge in [-0.05, 0) is 42.5 Å². The lowest BCUT2D eigenvalue weighted by atomic mass is 10.2. The molecule has 0 fully saturated rings. The molecule has 0 bridgehead atoms. The smallest absolute Gasteiger partial charge is 0.508 e. The number of carbonyl (C=O) groups is 1. The van der Waals surface area contributed by atoms with Crippen LogP contribution in [0.5, 0.6) is 11.5 Å². The van der Waals surface area contributed by atoms with E-state index in [1.807, 2.05) is 0 Å². The Bertz CT molecular complexity index is 931. The first-order chi connectivity index (χ1) is 11.1. The molecule has 7 nitrogen and oxygen atoms in total. The minimum atomic E-state index is -0.810. The Hall–Kier alpha value is -3.35. The van der Waals surface area contributed by atoms with E-state index in [9.17, 15) is 14.7 Å². The maximum Gasteiger partial charge on any atom is 0.513 e. The van der Waals surface area contributed by atoms with Gasteiger partial charge in [-0.25, -0.2) is 9.78 Å². The highest BCUT2D eigenvalue weighted by Gasteiger charge is 2.08. The highest BCUT2D eigenvalue weighted by atomic mass is 16.7. The van der Waals surface area contributed by atoms with Crippen molar-refractivity contribution in [3.8, 4) is 22.9 Å². The van der Waals surface area contributed by atoms with E-state index in [1.165, 1.54) is 19.2 Å². The Kier molecular flexibility index (Phi) is 3.68. The molecule has 0 radical (unpaired) electrons. The van der Waals surface area contributed by atoms with Crippen LogP contribution in [0.15, 0.2) is 47.3 Å². The first-order valence-corrected chi connectivity index (χ1v) is 6.66. The van der Waals surface area contributed by atoms with Gasteiger partial charge >= 0.3 is 6.16 Å². The molecular weight excluding hydrogens is 300 g/mol. The van der Waals surface area contributed by atoms with Gasteiger partial charge in [0, 0.05) is 5.56 Å². The molecule has 7 heteroatoms. The third kappa shape index (κ3) is 2.98. The molecule has 0 unspecified atom stereocenters. The average Bonchev–Trinajstić information content (AvgIpc) is 2.56. The van der Waals surface area contributed by atoms with E-state index >= 15 is 0 Å². The summed E-state index contributed by atoms with van der Waals surface area (Å²) >= 11 is 0. The molecule has 0 saturated heterocycles. The summed E-state index contributed by atoms with van der Waals surface area (Å²) in [6, 6.07) is 10.8. The third-order valence-corrected chi connectivity index (χ3v) is 3.18. The lowest BCUT2D eigenvalue weighted by molar-refractivity contribution is 0.121. The number of nitrogens with one attached hydrogen (secondary N) is 1. The Labute approximate surface area is 130 Å². The molecule has 0 saturated carbocycles. The summed E-state index contributed by atoms with van der Waals surface area (Å²) in [4.78, 5) is 30.1. The van der Waals surface area contributed by atoms with Crippen LogP contribution in [0.3, 0.4) is 0 Å². The van der Waals surface area contributed by atoms with Crippen LogP contribution >= 0.6 is 0 Å². The van der Waals surface area contributed by atoms with E-state index in [0.717, 1.165) is 0 Å². The standard InChI is InChI=1S/C16H12N2O5/c1-22-16(21)23-11-5-2-9(3-6-11)14-17-13-7-4-10(19)8-12(13)15(20)18-14/h2-8,19H,1H3,(H,17,18,20). The quantitative estimate of drug-likeness (QED) is 0.556. The van der Waals surface area contributed by atoms with Gasteiger partial charge in [-0.1, -0.05) is 0 Å².